The second-order valence-electron chi connectivity index (χ2n) is 6.73. The Hall–Kier alpha value is -2.62. The molecule has 29 heavy (non-hydrogen) atoms. The van der Waals surface area contributed by atoms with Gasteiger partial charge in [0.05, 0.1) is 25.7 Å². The summed E-state index contributed by atoms with van der Waals surface area (Å²) in [5.74, 6) is 1.03. The number of benzene rings is 2. The minimum Gasteiger partial charge on any atom is -0.493 e. The van der Waals surface area contributed by atoms with Crippen molar-refractivity contribution in [2.24, 2.45) is 0 Å². The number of ether oxygens (including phenoxy) is 2. The number of carbonyl (C=O) groups excluding carboxylic acids is 1. The molecule has 0 aliphatic heterocycles. The van der Waals surface area contributed by atoms with E-state index in [0.29, 0.717) is 23.7 Å². The van der Waals surface area contributed by atoms with Crippen molar-refractivity contribution >= 4 is 21.6 Å². The van der Waals surface area contributed by atoms with Crippen LogP contribution in [0.15, 0.2) is 47.4 Å². The molecule has 0 aliphatic rings. The van der Waals surface area contributed by atoms with Crippen LogP contribution in [-0.4, -0.2) is 65.4 Å². The highest BCUT2D eigenvalue weighted by Crippen LogP contribution is 2.28. The predicted octanol–water partition coefficient (Wildman–Crippen LogP) is 2.02. The van der Waals surface area contributed by atoms with Crippen LogP contribution in [0.3, 0.4) is 0 Å². The molecule has 0 radical (unpaired) electrons. The first-order valence-corrected chi connectivity index (χ1v) is 10.3. The van der Waals surface area contributed by atoms with E-state index in [1.807, 2.05) is 30.1 Å². The Balaban J connectivity index is 2.01. The van der Waals surface area contributed by atoms with E-state index in [1.165, 1.54) is 26.2 Å². The lowest BCUT2D eigenvalue weighted by Gasteiger charge is -2.18. The first-order chi connectivity index (χ1) is 13.7. The highest BCUT2D eigenvalue weighted by Gasteiger charge is 2.18. The van der Waals surface area contributed by atoms with Gasteiger partial charge in [0.25, 0.3) is 0 Å². The Labute approximate surface area is 172 Å². The van der Waals surface area contributed by atoms with E-state index < -0.39 is 10.0 Å². The monoisotopic (exact) mass is 421 g/mol. The third-order valence-corrected chi connectivity index (χ3v) is 6.02. The Kier molecular flexibility index (Phi) is 7.60. The fraction of sp³-hybridized carbons (Fsp3) is 0.350. The van der Waals surface area contributed by atoms with Gasteiger partial charge >= 0.3 is 0 Å². The van der Waals surface area contributed by atoms with Gasteiger partial charge in [0.2, 0.25) is 15.9 Å². The fourth-order valence-corrected chi connectivity index (χ4v) is 3.69. The number of hydrogen-bond donors (Lipinski definition) is 1. The van der Waals surface area contributed by atoms with Gasteiger partial charge in [0.15, 0.2) is 11.5 Å². The summed E-state index contributed by atoms with van der Waals surface area (Å²) in [5.41, 5.74) is 1.40. The number of methoxy groups -OCH3 is 2. The number of anilines is 1. The minimum atomic E-state index is -3.56. The molecule has 1 N–H and O–H groups in total. The van der Waals surface area contributed by atoms with Gasteiger partial charge < -0.3 is 14.8 Å². The summed E-state index contributed by atoms with van der Waals surface area (Å²) in [7, 11) is 4.33. The lowest BCUT2D eigenvalue weighted by atomic mass is 10.2. The van der Waals surface area contributed by atoms with Crippen LogP contribution in [0.5, 0.6) is 11.5 Å². The second kappa shape index (κ2) is 9.73. The summed E-state index contributed by atoms with van der Waals surface area (Å²) < 4.78 is 36.1. The molecule has 158 valence electrons. The number of carbonyl (C=O) groups is 1. The quantitative estimate of drug-likeness (QED) is 0.667. The third-order valence-electron chi connectivity index (χ3n) is 4.21. The molecule has 0 heterocycles. The summed E-state index contributed by atoms with van der Waals surface area (Å²) in [6.07, 6.45) is 0. The highest BCUT2D eigenvalue weighted by atomic mass is 32.2. The molecule has 0 unspecified atom stereocenters. The van der Waals surface area contributed by atoms with Crippen LogP contribution in [0, 0.1) is 0 Å². The van der Waals surface area contributed by atoms with Crippen molar-refractivity contribution in [2.45, 2.75) is 11.4 Å². The first-order valence-electron chi connectivity index (χ1n) is 8.89. The number of hydrogen-bond acceptors (Lipinski definition) is 6. The number of sulfonamides is 1. The summed E-state index contributed by atoms with van der Waals surface area (Å²) in [4.78, 5) is 14.3. The maximum atomic E-state index is 12.4. The van der Waals surface area contributed by atoms with Crippen molar-refractivity contribution in [2.75, 3.05) is 47.2 Å². The van der Waals surface area contributed by atoms with Crippen molar-refractivity contribution in [3.8, 4) is 11.5 Å². The number of rotatable bonds is 9. The molecule has 8 nitrogen and oxygen atoms in total. The van der Waals surface area contributed by atoms with Crippen LogP contribution in [0.4, 0.5) is 5.69 Å². The standard InChI is InChI=1S/C20H27N3O5S/c1-22(2)29(25,26)17-8-6-7-16(12-17)21-20(24)14-23(3)13-15-9-10-18(27-4)19(11-15)28-5/h6-12H,13-14H2,1-5H3,(H,21,24). The summed E-state index contributed by atoms with van der Waals surface area (Å²) in [6, 6.07) is 11.8. The molecule has 2 aromatic rings. The normalized spacial score (nSPS) is 11.6. The van der Waals surface area contributed by atoms with Crippen molar-refractivity contribution in [3.63, 3.8) is 0 Å². The van der Waals surface area contributed by atoms with Crippen molar-refractivity contribution in [1.82, 2.24) is 9.21 Å². The van der Waals surface area contributed by atoms with Gasteiger partial charge in [-0.15, -0.1) is 0 Å². The zero-order valence-electron chi connectivity index (χ0n) is 17.3. The molecule has 2 aromatic carbocycles. The second-order valence-corrected chi connectivity index (χ2v) is 8.88. The summed E-state index contributed by atoms with van der Waals surface area (Å²) in [6.45, 7) is 0.668. The molecule has 0 bridgehead atoms. The lowest BCUT2D eigenvalue weighted by Crippen LogP contribution is -2.30. The Morgan fingerprint density at radius 3 is 2.31 bits per heavy atom. The van der Waals surface area contributed by atoms with E-state index in [2.05, 4.69) is 5.32 Å². The number of nitrogens with one attached hydrogen (secondary N) is 1. The maximum Gasteiger partial charge on any atom is 0.242 e. The van der Waals surface area contributed by atoms with Crippen LogP contribution < -0.4 is 14.8 Å². The van der Waals surface area contributed by atoms with Crippen LogP contribution in [0.25, 0.3) is 0 Å². The molecule has 0 saturated carbocycles. The topological polar surface area (TPSA) is 88.2 Å². The fourth-order valence-electron chi connectivity index (χ4n) is 2.74. The van der Waals surface area contributed by atoms with Gasteiger partial charge in [-0.3, -0.25) is 9.69 Å². The largest absolute Gasteiger partial charge is 0.493 e. The van der Waals surface area contributed by atoms with Gasteiger partial charge in [-0.25, -0.2) is 12.7 Å². The SMILES string of the molecule is COc1ccc(CN(C)CC(=O)Nc2cccc(S(=O)(=O)N(C)C)c2)cc1OC. The van der Waals surface area contributed by atoms with Crippen molar-refractivity contribution in [3.05, 3.63) is 48.0 Å². The number of likely N-dealkylation sites (N-methyl/N-ethyl adjacent to an activating group) is 1. The zero-order valence-corrected chi connectivity index (χ0v) is 18.1. The van der Waals surface area contributed by atoms with E-state index in [4.69, 9.17) is 9.47 Å². The number of nitrogens with zero attached hydrogens (tertiary/aromatic N) is 2. The highest BCUT2D eigenvalue weighted by molar-refractivity contribution is 7.89. The van der Waals surface area contributed by atoms with Crippen molar-refractivity contribution < 1.29 is 22.7 Å². The predicted molar refractivity (Wildman–Crippen MR) is 112 cm³/mol. The molecular formula is C20H27N3O5S. The van der Waals surface area contributed by atoms with E-state index >= 15 is 0 Å². The first kappa shape index (κ1) is 22.7. The van der Waals surface area contributed by atoms with Crippen LogP contribution in [0.1, 0.15) is 5.56 Å². The molecule has 0 fully saturated rings. The molecule has 0 aromatic heterocycles. The van der Waals surface area contributed by atoms with Crippen LogP contribution >= 0.6 is 0 Å². The van der Waals surface area contributed by atoms with Crippen LogP contribution in [-0.2, 0) is 21.4 Å². The molecule has 9 heteroatoms. The van der Waals surface area contributed by atoms with Crippen molar-refractivity contribution in [1.29, 1.82) is 0 Å². The van der Waals surface area contributed by atoms with Gasteiger partial charge in [-0.2, -0.15) is 0 Å². The molecule has 0 saturated heterocycles. The van der Waals surface area contributed by atoms with Gasteiger partial charge in [-0.1, -0.05) is 12.1 Å². The lowest BCUT2D eigenvalue weighted by molar-refractivity contribution is -0.117. The van der Waals surface area contributed by atoms with E-state index in [-0.39, 0.29) is 17.3 Å². The van der Waals surface area contributed by atoms with Gasteiger partial charge in [0.1, 0.15) is 0 Å². The molecule has 0 spiro atoms. The minimum absolute atomic E-state index is 0.124. The molecule has 0 aliphatic carbocycles. The summed E-state index contributed by atoms with van der Waals surface area (Å²) >= 11 is 0. The third kappa shape index (κ3) is 5.93. The summed E-state index contributed by atoms with van der Waals surface area (Å²) in [5, 5.41) is 2.74. The van der Waals surface area contributed by atoms with Crippen LogP contribution in [0.2, 0.25) is 0 Å². The van der Waals surface area contributed by atoms with E-state index in [1.54, 1.807) is 26.4 Å². The smallest absolute Gasteiger partial charge is 0.242 e. The maximum absolute atomic E-state index is 12.4. The molecular weight excluding hydrogens is 394 g/mol. The average Bonchev–Trinajstić information content (AvgIpc) is 2.67. The number of amides is 1. The average molecular weight is 422 g/mol. The molecule has 2 rings (SSSR count). The Morgan fingerprint density at radius 2 is 1.69 bits per heavy atom. The Bertz CT molecular complexity index is 960. The molecule has 0 atom stereocenters. The zero-order chi connectivity index (χ0) is 21.6. The Morgan fingerprint density at radius 1 is 1.00 bits per heavy atom. The van der Waals surface area contributed by atoms with E-state index in [9.17, 15) is 13.2 Å². The van der Waals surface area contributed by atoms with E-state index in [0.717, 1.165) is 9.87 Å². The van der Waals surface area contributed by atoms with Gasteiger partial charge in [-0.05, 0) is 42.9 Å². The molecule has 1 amide bonds. The van der Waals surface area contributed by atoms with Gasteiger partial charge in [0, 0.05) is 26.3 Å².